The van der Waals surface area contributed by atoms with Gasteiger partial charge in [0, 0.05) is 24.3 Å². The molecule has 102 valence electrons. The first-order valence-electron chi connectivity index (χ1n) is 6.31. The van der Waals surface area contributed by atoms with E-state index in [0.717, 1.165) is 12.2 Å². The molecule has 0 radical (unpaired) electrons. The third-order valence-corrected chi connectivity index (χ3v) is 2.62. The molecule has 18 heavy (non-hydrogen) atoms. The molecule has 0 aromatic carbocycles. The van der Waals surface area contributed by atoms with E-state index in [2.05, 4.69) is 41.2 Å². The molecule has 0 bridgehead atoms. The van der Waals surface area contributed by atoms with Crippen LogP contribution in [0.3, 0.4) is 0 Å². The van der Waals surface area contributed by atoms with Crippen molar-refractivity contribution < 1.29 is 4.74 Å². The maximum Gasteiger partial charge on any atom is 0.226 e. The minimum atomic E-state index is 0.118. The van der Waals surface area contributed by atoms with Gasteiger partial charge in [-0.05, 0) is 41.8 Å². The van der Waals surface area contributed by atoms with Gasteiger partial charge in [-0.25, -0.2) is 4.98 Å². The van der Waals surface area contributed by atoms with Crippen molar-refractivity contribution in [3.05, 3.63) is 11.8 Å². The molecule has 5 nitrogen and oxygen atoms in total. The number of nitrogens with one attached hydrogen (secondary N) is 1. The maximum atomic E-state index is 5.59. The van der Waals surface area contributed by atoms with Crippen LogP contribution in [-0.4, -0.2) is 47.7 Å². The fourth-order valence-electron chi connectivity index (χ4n) is 1.34. The summed E-state index contributed by atoms with van der Waals surface area (Å²) in [4.78, 5) is 10.8. The quantitative estimate of drug-likeness (QED) is 0.838. The van der Waals surface area contributed by atoms with E-state index in [0.29, 0.717) is 17.9 Å². The molecule has 1 rings (SSSR count). The summed E-state index contributed by atoms with van der Waals surface area (Å²) in [5.41, 5.74) is 0.903. The summed E-state index contributed by atoms with van der Waals surface area (Å²) < 4.78 is 5.59. The second kappa shape index (κ2) is 6.54. The van der Waals surface area contributed by atoms with Crippen LogP contribution in [0.5, 0.6) is 5.88 Å². The Morgan fingerprint density at radius 3 is 2.50 bits per heavy atom. The van der Waals surface area contributed by atoms with E-state index in [1.807, 2.05) is 26.8 Å². The van der Waals surface area contributed by atoms with Crippen molar-refractivity contribution in [2.75, 3.05) is 26.0 Å². The molecule has 1 aromatic heterocycles. The summed E-state index contributed by atoms with van der Waals surface area (Å²) in [6.07, 6.45) is 0.118. The Morgan fingerprint density at radius 2 is 1.94 bits per heavy atom. The highest BCUT2D eigenvalue weighted by molar-refractivity contribution is 5.30. The average Bonchev–Trinajstić information content (AvgIpc) is 2.23. The van der Waals surface area contributed by atoms with E-state index in [9.17, 15) is 0 Å². The molecule has 5 heteroatoms. The van der Waals surface area contributed by atoms with Gasteiger partial charge < -0.3 is 15.0 Å². The fraction of sp³-hybridized carbons (Fsp3) is 0.692. The van der Waals surface area contributed by atoms with Gasteiger partial charge in [-0.1, -0.05) is 0 Å². The van der Waals surface area contributed by atoms with Crippen LogP contribution in [0.25, 0.3) is 0 Å². The first-order valence-corrected chi connectivity index (χ1v) is 6.31. The summed E-state index contributed by atoms with van der Waals surface area (Å²) in [5, 5.41) is 3.24. The Balaban J connectivity index is 2.68. The van der Waals surface area contributed by atoms with Crippen molar-refractivity contribution in [3.63, 3.8) is 0 Å². The highest BCUT2D eigenvalue weighted by atomic mass is 16.5. The van der Waals surface area contributed by atoms with Gasteiger partial charge in [0.2, 0.25) is 11.8 Å². The van der Waals surface area contributed by atoms with Crippen molar-refractivity contribution in [1.29, 1.82) is 0 Å². The number of ether oxygens (including phenoxy) is 1. The zero-order chi connectivity index (χ0) is 13.7. The second-order valence-electron chi connectivity index (χ2n) is 5.03. The minimum Gasteiger partial charge on any atom is -0.475 e. The van der Waals surface area contributed by atoms with Crippen LogP contribution in [-0.2, 0) is 0 Å². The highest BCUT2D eigenvalue weighted by Crippen LogP contribution is 2.13. The molecule has 0 amide bonds. The molecule has 0 aliphatic heterocycles. The molecule has 1 atom stereocenters. The summed E-state index contributed by atoms with van der Waals surface area (Å²) in [6.45, 7) is 8.86. The SMILES string of the molecule is Cc1cc(OC(C)C)nc(NCC(C)N(C)C)n1. The highest BCUT2D eigenvalue weighted by Gasteiger charge is 2.07. The Kier molecular flexibility index (Phi) is 5.34. The number of rotatable bonds is 6. The van der Waals surface area contributed by atoms with Crippen molar-refractivity contribution in [2.45, 2.75) is 39.8 Å². The van der Waals surface area contributed by atoms with Gasteiger partial charge in [-0.3, -0.25) is 0 Å². The molecule has 0 fully saturated rings. The number of aryl methyl sites for hydroxylation is 1. The fourth-order valence-corrected chi connectivity index (χ4v) is 1.34. The predicted octanol–water partition coefficient (Wildman–Crippen LogP) is 1.93. The lowest BCUT2D eigenvalue weighted by Gasteiger charge is -2.20. The first kappa shape index (κ1) is 14.7. The smallest absolute Gasteiger partial charge is 0.226 e. The average molecular weight is 252 g/mol. The van der Waals surface area contributed by atoms with Crippen molar-refractivity contribution in [2.24, 2.45) is 0 Å². The molecule has 1 N–H and O–H groups in total. The van der Waals surface area contributed by atoms with E-state index >= 15 is 0 Å². The Hall–Kier alpha value is -1.36. The second-order valence-corrected chi connectivity index (χ2v) is 5.03. The first-order chi connectivity index (χ1) is 8.38. The van der Waals surface area contributed by atoms with E-state index in [4.69, 9.17) is 4.74 Å². The summed E-state index contributed by atoms with van der Waals surface area (Å²) in [7, 11) is 4.10. The Morgan fingerprint density at radius 1 is 1.28 bits per heavy atom. The van der Waals surface area contributed by atoms with Gasteiger partial charge in [0.1, 0.15) is 0 Å². The minimum absolute atomic E-state index is 0.118. The topological polar surface area (TPSA) is 50.3 Å². The van der Waals surface area contributed by atoms with Gasteiger partial charge in [-0.15, -0.1) is 0 Å². The maximum absolute atomic E-state index is 5.59. The number of hydrogen-bond acceptors (Lipinski definition) is 5. The normalized spacial score (nSPS) is 12.9. The number of anilines is 1. The van der Waals surface area contributed by atoms with E-state index in [1.54, 1.807) is 0 Å². The third kappa shape index (κ3) is 4.87. The van der Waals surface area contributed by atoms with E-state index < -0.39 is 0 Å². The van der Waals surface area contributed by atoms with Crippen LogP contribution in [0.2, 0.25) is 0 Å². The number of aromatic nitrogens is 2. The van der Waals surface area contributed by atoms with Crippen LogP contribution in [0.4, 0.5) is 5.95 Å². The van der Waals surface area contributed by atoms with Crippen LogP contribution in [0.1, 0.15) is 26.5 Å². The molecule has 0 aliphatic carbocycles. The summed E-state index contributed by atoms with van der Waals surface area (Å²) in [6, 6.07) is 2.27. The number of likely N-dealkylation sites (N-methyl/N-ethyl adjacent to an activating group) is 1. The van der Waals surface area contributed by atoms with Crippen LogP contribution < -0.4 is 10.1 Å². The monoisotopic (exact) mass is 252 g/mol. The molecule has 1 heterocycles. The molecule has 0 saturated heterocycles. The van der Waals surface area contributed by atoms with Crippen LogP contribution >= 0.6 is 0 Å². The van der Waals surface area contributed by atoms with Crippen molar-refractivity contribution in [1.82, 2.24) is 14.9 Å². The van der Waals surface area contributed by atoms with Crippen LogP contribution in [0, 0.1) is 6.92 Å². The molecule has 1 aromatic rings. The molecule has 1 unspecified atom stereocenters. The van der Waals surface area contributed by atoms with Gasteiger partial charge in [-0.2, -0.15) is 4.98 Å². The van der Waals surface area contributed by atoms with Gasteiger partial charge in [0.05, 0.1) is 6.10 Å². The van der Waals surface area contributed by atoms with E-state index in [1.165, 1.54) is 0 Å². The lowest BCUT2D eigenvalue weighted by atomic mass is 10.3. The number of nitrogens with zero attached hydrogens (tertiary/aromatic N) is 3. The van der Waals surface area contributed by atoms with Gasteiger partial charge >= 0.3 is 0 Å². The number of hydrogen-bond donors (Lipinski definition) is 1. The van der Waals surface area contributed by atoms with Crippen LogP contribution in [0.15, 0.2) is 6.07 Å². The zero-order valence-corrected chi connectivity index (χ0v) is 12.2. The molecule has 0 spiro atoms. The zero-order valence-electron chi connectivity index (χ0n) is 12.2. The van der Waals surface area contributed by atoms with Gasteiger partial charge in [0.25, 0.3) is 0 Å². The molecule has 0 saturated carbocycles. The summed E-state index contributed by atoms with van der Waals surface area (Å²) in [5.74, 6) is 1.25. The van der Waals surface area contributed by atoms with E-state index in [-0.39, 0.29) is 6.10 Å². The van der Waals surface area contributed by atoms with Gasteiger partial charge in [0.15, 0.2) is 0 Å². The molecule has 0 aliphatic rings. The lowest BCUT2D eigenvalue weighted by Crippen LogP contribution is -2.32. The van der Waals surface area contributed by atoms with Crippen molar-refractivity contribution >= 4 is 5.95 Å². The Labute approximate surface area is 110 Å². The Bertz CT molecular complexity index is 379. The third-order valence-electron chi connectivity index (χ3n) is 2.62. The standard InChI is InChI=1S/C13H24N4O/c1-9(2)18-12-7-10(3)15-13(16-12)14-8-11(4)17(5)6/h7,9,11H,8H2,1-6H3,(H,14,15,16). The molecular weight excluding hydrogens is 228 g/mol. The lowest BCUT2D eigenvalue weighted by molar-refractivity contribution is 0.232. The predicted molar refractivity (Wildman–Crippen MR) is 74.2 cm³/mol. The summed E-state index contributed by atoms with van der Waals surface area (Å²) >= 11 is 0. The van der Waals surface area contributed by atoms with Crippen molar-refractivity contribution in [3.8, 4) is 5.88 Å². The molecular formula is C13H24N4O. The largest absolute Gasteiger partial charge is 0.475 e.